The number of amides is 2. The van der Waals surface area contributed by atoms with Crippen molar-refractivity contribution in [3.63, 3.8) is 0 Å². The lowest BCUT2D eigenvalue weighted by molar-refractivity contribution is -0.127. The molecule has 4 nitrogen and oxygen atoms in total. The molecule has 1 heterocycles. The van der Waals surface area contributed by atoms with E-state index in [0.29, 0.717) is 25.3 Å². The van der Waals surface area contributed by atoms with Gasteiger partial charge in [-0.15, -0.1) is 0 Å². The number of aryl methyl sites for hydroxylation is 1. The van der Waals surface area contributed by atoms with Crippen LogP contribution in [0, 0.1) is 5.92 Å². The third kappa shape index (κ3) is 4.33. The van der Waals surface area contributed by atoms with Gasteiger partial charge in [0.25, 0.3) is 0 Å². The molecule has 2 fully saturated rings. The van der Waals surface area contributed by atoms with Crippen LogP contribution in [-0.4, -0.2) is 35.8 Å². The van der Waals surface area contributed by atoms with Crippen LogP contribution < -0.4 is 5.32 Å². The van der Waals surface area contributed by atoms with Crippen LogP contribution in [0.25, 0.3) is 0 Å². The van der Waals surface area contributed by atoms with Gasteiger partial charge < -0.3 is 10.2 Å². The zero-order valence-corrected chi connectivity index (χ0v) is 13.0. The molecule has 0 radical (unpaired) electrons. The van der Waals surface area contributed by atoms with E-state index in [1.54, 1.807) is 0 Å². The smallest absolute Gasteiger partial charge is 0.224 e. The summed E-state index contributed by atoms with van der Waals surface area (Å²) >= 11 is 0. The van der Waals surface area contributed by atoms with Gasteiger partial charge in [0.2, 0.25) is 11.8 Å². The number of benzene rings is 1. The maximum atomic E-state index is 12.0. The summed E-state index contributed by atoms with van der Waals surface area (Å²) in [6.07, 6.45) is 5.42. The summed E-state index contributed by atoms with van der Waals surface area (Å²) in [5.74, 6) is 0.885. The van der Waals surface area contributed by atoms with Crippen molar-refractivity contribution < 1.29 is 9.59 Å². The molecule has 0 bridgehead atoms. The Bertz CT molecular complexity index is 525. The Morgan fingerprint density at radius 2 is 2.00 bits per heavy atom. The molecule has 1 aromatic carbocycles. The zero-order valence-electron chi connectivity index (χ0n) is 13.0. The predicted octanol–water partition coefficient (Wildman–Crippen LogP) is 2.14. The Labute approximate surface area is 131 Å². The quantitative estimate of drug-likeness (QED) is 0.838. The molecule has 4 heteroatoms. The molecule has 0 aromatic heterocycles. The van der Waals surface area contributed by atoms with Crippen LogP contribution in [0.5, 0.6) is 0 Å². The average Bonchev–Trinajstić information content (AvgIpc) is 3.24. The highest BCUT2D eigenvalue weighted by molar-refractivity contribution is 5.82. The number of carbonyl (C=O) groups excluding carboxylic acids is 2. The molecular formula is C18H24N2O2. The largest absolute Gasteiger partial charge is 0.351 e. The van der Waals surface area contributed by atoms with E-state index in [9.17, 15) is 9.59 Å². The summed E-state index contributed by atoms with van der Waals surface area (Å²) in [7, 11) is 0. The van der Waals surface area contributed by atoms with Gasteiger partial charge >= 0.3 is 0 Å². The highest BCUT2D eigenvalue weighted by Crippen LogP contribution is 2.32. The first-order valence-electron chi connectivity index (χ1n) is 8.32. The van der Waals surface area contributed by atoms with Gasteiger partial charge in [-0.05, 0) is 37.2 Å². The summed E-state index contributed by atoms with van der Waals surface area (Å²) in [6.45, 7) is 1.45. The van der Waals surface area contributed by atoms with E-state index >= 15 is 0 Å². The minimum Gasteiger partial charge on any atom is -0.351 e. The second kappa shape index (κ2) is 6.95. The van der Waals surface area contributed by atoms with Crippen LogP contribution in [0.4, 0.5) is 0 Å². The molecule has 2 amide bonds. The second-order valence-electron chi connectivity index (χ2n) is 6.54. The fraction of sp³-hybridized carbons (Fsp3) is 0.556. The first-order valence-corrected chi connectivity index (χ1v) is 8.32. The maximum absolute atomic E-state index is 12.0. The second-order valence-corrected chi connectivity index (χ2v) is 6.54. The summed E-state index contributed by atoms with van der Waals surface area (Å²) in [5, 5.41) is 3.02. The van der Waals surface area contributed by atoms with Gasteiger partial charge in [-0.3, -0.25) is 9.59 Å². The molecule has 22 heavy (non-hydrogen) atoms. The molecule has 1 aliphatic heterocycles. The van der Waals surface area contributed by atoms with Gasteiger partial charge in [0.15, 0.2) is 0 Å². The molecule has 0 spiro atoms. The third-order valence-electron chi connectivity index (χ3n) is 4.49. The van der Waals surface area contributed by atoms with Gasteiger partial charge in [-0.2, -0.15) is 0 Å². The minimum absolute atomic E-state index is 0.00970. The average molecular weight is 300 g/mol. The van der Waals surface area contributed by atoms with E-state index in [4.69, 9.17) is 0 Å². The predicted molar refractivity (Wildman–Crippen MR) is 85.2 cm³/mol. The highest BCUT2D eigenvalue weighted by Gasteiger charge is 2.31. The van der Waals surface area contributed by atoms with Gasteiger partial charge in [0.1, 0.15) is 0 Å². The Balaban J connectivity index is 1.38. The topological polar surface area (TPSA) is 49.4 Å². The number of rotatable bonds is 7. The number of carbonyl (C=O) groups is 2. The summed E-state index contributed by atoms with van der Waals surface area (Å²) in [5.41, 5.74) is 1.31. The molecular weight excluding hydrogens is 276 g/mol. The maximum Gasteiger partial charge on any atom is 0.224 e. The number of hydrogen-bond donors (Lipinski definition) is 1. The van der Waals surface area contributed by atoms with Crippen molar-refractivity contribution >= 4 is 11.8 Å². The SMILES string of the molecule is O=C(CC1CC1)N[C@@H]1CC(=O)N(CCCc2ccccc2)C1. The van der Waals surface area contributed by atoms with Crippen molar-refractivity contribution in [2.75, 3.05) is 13.1 Å². The molecule has 1 aromatic rings. The molecule has 1 saturated heterocycles. The van der Waals surface area contributed by atoms with Crippen LogP contribution in [-0.2, 0) is 16.0 Å². The number of likely N-dealkylation sites (tertiary alicyclic amines) is 1. The van der Waals surface area contributed by atoms with Gasteiger partial charge in [-0.25, -0.2) is 0 Å². The van der Waals surface area contributed by atoms with Crippen molar-refractivity contribution in [1.29, 1.82) is 0 Å². The molecule has 0 unspecified atom stereocenters. The number of nitrogens with one attached hydrogen (secondary N) is 1. The molecule has 1 atom stereocenters. The lowest BCUT2D eigenvalue weighted by Gasteiger charge is -2.17. The molecule has 1 saturated carbocycles. The van der Waals surface area contributed by atoms with Crippen LogP contribution in [0.3, 0.4) is 0 Å². The lowest BCUT2D eigenvalue weighted by Crippen LogP contribution is -2.37. The molecule has 1 aliphatic carbocycles. The van der Waals surface area contributed by atoms with Crippen LogP contribution >= 0.6 is 0 Å². The summed E-state index contributed by atoms with van der Waals surface area (Å²) in [4.78, 5) is 25.7. The highest BCUT2D eigenvalue weighted by atomic mass is 16.2. The van der Waals surface area contributed by atoms with Crippen molar-refractivity contribution in [3.05, 3.63) is 35.9 Å². The van der Waals surface area contributed by atoms with Crippen LogP contribution in [0.1, 0.15) is 37.7 Å². The van der Waals surface area contributed by atoms with Gasteiger partial charge in [0, 0.05) is 25.9 Å². The normalized spacial score (nSPS) is 21.2. The van der Waals surface area contributed by atoms with E-state index in [2.05, 4.69) is 17.4 Å². The fourth-order valence-electron chi connectivity index (χ4n) is 3.07. The Kier molecular flexibility index (Phi) is 4.76. The fourth-order valence-corrected chi connectivity index (χ4v) is 3.07. The third-order valence-corrected chi connectivity index (χ3v) is 4.49. The van der Waals surface area contributed by atoms with E-state index in [1.165, 1.54) is 18.4 Å². The lowest BCUT2D eigenvalue weighted by atomic mass is 10.1. The summed E-state index contributed by atoms with van der Waals surface area (Å²) in [6, 6.07) is 10.3. The Morgan fingerprint density at radius 3 is 2.73 bits per heavy atom. The first kappa shape index (κ1) is 15.1. The van der Waals surface area contributed by atoms with E-state index in [-0.39, 0.29) is 17.9 Å². The van der Waals surface area contributed by atoms with Crippen molar-refractivity contribution in [3.8, 4) is 0 Å². The molecule has 1 N–H and O–H groups in total. The van der Waals surface area contributed by atoms with Crippen LogP contribution in [0.2, 0.25) is 0 Å². The zero-order chi connectivity index (χ0) is 15.4. The molecule has 118 valence electrons. The monoisotopic (exact) mass is 300 g/mol. The van der Waals surface area contributed by atoms with Gasteiger partial charge in [0.05, 0.1) is 6.04 Å². The molecule has 2 aliphatic rings. The van der Waals surface area contributed by atoms with Crippen molar-refractivity contribution in [2.45, 2.75) is 44.6 Å². The molecule has 3 rings (SSSR count). The Hall–Kier alpha value is -1.84. The van der Waals surface area contributed by atoms with Crippen LogP contribution in [0.15, 0.2) is 30.3 Å². The number of hydrogen-bond acceptors (Lipinski definition) is 2. The summed E-state index contributed by atoms with van der Waals surface area (Å²) < 4.78 is 0. The van der Waals surface area contributed by atoms with Crippen molar-refractivity contribution in [1.82, 2.24) is 10.2 Å². The van der Waals surface area contributed by atoms with E-state index in [0.717, 1.165) is 19.4 Å². The standard InChI is InChI=1S/C18H24N2O2/c21-17(11-15-8-9-15)19-16-12-18(22)20(13-16)10-4-7-14-5-2-1-3-6-14/h1-3,5-6,15-16H,4,7-13H2,(H,19,21)/t16-/m1/s1. The first-order chi connectivity index (χ1) is 10.7. The minimum atomic E-state index is 0.00970. The number of nitrogens with zero attached hydrogens (tertiary/aromatic N) is 1. The van der Waals surface area contributed by atoms with Gasteiger partial charge in [-0.1, -0.05) is 30.3 Å². The van der Waals surface area contributed by atoms with Crippen molar-refractivity contribution in [2.24, 2.45) is 5.92 Å². The van der Waals surface area contributed by atoms with E-state index < -0.39 is 0 Å². The van der Waals surface area contributed by atoms with E-state index in [1.807, 2.05) is 23.1 Å². The Morgan fingerprint density at radius 1 is 1.23 bits per heavy atom.